The molecule has 5 rings (SSSR count). The Morgan fingerprint density at radius 2 is 1.60 bits per heavy atom. The van der Waals surface area contributed by atoms with E-state index in [1.54, 1.807) is 7.11 Å². The molecule has 1 aliphatic carbocycles. The van der Waals surface area contributed by atoms with Crippen molar-refractivity contribution < 1.29 is 14.3 Å². The number of ether oxygens (including phenoxy) is 1. The second-order valence-corrected chi connectivity index (χ2v) is 9.56. The molecule has 2 unspecified atom stereocenters. The molecule has 0 aliphatic heterocycles. The number of rotatable bonds is 6. The first-order valence-electron chi connectivity index (χ1n) is 12.6. The number of aliphatic hydroxyl groups is 1. The quantitative estimate of drug-likeness (QED) is 0.321. The fourth-order valence-corrected chi connectivity index (χ4v) is 5.30. The lowest BCUT2D eigenvalue weighted by Crippen LogP contribution is -2.38. The minimum Gasteiger partial charge on any atom is -0.497 e. The van der Waals surface area contributed by atoms with Crippen LogP contribution < -0.4 is 4.74 Å². The summed E-state index contributed by atoms with van der Waals surface area (Å²) < 4.78 is 12.0. The molecule has 2 atom stereocenters. The number of aromatic nitrogens is 1. The molecule has 1 saturated carbocycles. The van der Waals surface area contributed by atoms with Gasteiger partial charge in [0.05, 0.1) is 7.11 Å². The standard InChI is InChI=1S/C31H33NO3/c1-34-27-19-12-13-23(22-27)21-26-18-10-2-3-11-20-31(26,33)30-32-28(24-14-6-4-7-15-24)29(35-30)25-16-8-5-9-17-25/h4-9,12-17,19,22,26,33H,2-3,10-11,18,20-21H2,1H3. The molecular weight excluding hydrogens is 434 g/mol. The smallest absolute Gasteiger partial charge is 0.227 e. The Balaban J connectivity index is 1.59. The van der Waals surface area contributed by atoms with Crippen LogP contribution in [-0.4, -0.2) is 17.2 Å². The maximum atomic E-state index is 12.3. The number of hydrogen-bond acceptors (Lipinski definition) is 4. The molecule has 4 heteroatoms. The first kappa shape index (κ1) is 23.4. The van der Waals surface area contributed by atoms with Crippen molar-refractivity contribution in [1.82, 2.24) is 4.98 Å². The third kappa shape index (κ3) is 5.03. The van der Waals surface area contributed by atoms with Gasteiger partial charge in [-0.05, 0) is 37.0 Å². The molecule has 1 aliphatic rings. The molecule has 1 fully saturated rings. The molecule has 1 aromatic heterocycles. The normalized spacial score (nSPS) is 20.7. The molecule has 0 spiro atoms. The van der Waals surface area contributed by atoms with Crippen LogP contribution in [-0.2, 0) is 12.0 Å². The molecule has 180 valence electrons. The maximum Gasteiger partial charge on any atom is 0.227 e. The summed E-state index contributed by atoms with van der Waals surface area (Å²) >= 11 is 0. The molecule has 0 bridgehead atoms. The summed E-state index contributed by atoms with van der Waals surface area (Å²) in [5.74, 6) is 1.99. The zero-order chi connectivity index (χ0) is 24.1. The lowest BCUT2D eigenvalue weighted by atomic mass is 9.74. The highest BCUT2D eigenvalue weighted by Gasteiger charge is 2.43. The van der Waals surface area contributed by atoms with Crippen LogP contribution in [0, 0.1) is 5.92 Å². The van der Waals surface area contributed by atoms with Crippen LogP contribution in [0.2, 0.25) is 0 Å². The van der Waals surface area contributed by atoms with Crippen LogP contribution in [0.5, 0.6) is 5.75 Å². The summed E-state index contributed by atoms with van der Waals surface area (Å²) in [5.41, 5.74) is 2.75. The minimum absolute atomic E-state index is 0.000743. The Morgan fingerprint density at radius 1 is 0.886 bits per heavy atom. The van der Waals surface area contributed by atoms with Gasteiger partial charge < -0.3 is 14.3 Å². The van der Waals surface area contributed by atoms with Crippen molar-refractivity contribution in [2.75, 3.05) is 7.11 Å². The summed E-state index contributed by atoms with van der Waals surface area (Å²) in [4.78, 5) is 5.01. The molecule has 4 nitrogen and oxygen atoms in total. The number of benzene rings is 3. The van der Waals surface area contributed by atoms with Gasteiger partial charge in [0.15, 0.2) is 5.76 Å². The van der Waals surface area contributed by atoms with E-state index in [2.05, 4.69) is 12.1 Å². The monoisotopic (exact) mass is 467 g/mol. The van der Waals surface area contributed by atoms with Gasteiger partial charge in [-0.3, -0.25) is 0 Å². The first-order valence-corrected chi connectivity index (χ1v) is 12.6. The summed E-state index contributed by atoms with van der Waals surface area (Å²) in [5, 5.41) is 12.3. The van der Waals surface area contributed by atoms with E-state index in [-0.39, 0.29) is 5.92 Å². The van der Waals surface area contributed by atoms with E-state index in [1.165, 1.54) is 6.42 Å². The SMILES string of the molecule is COc1cccc(CC2CCCCCCC2(O)c2nc(-c3ccccc3)c(-c3ccccc3)o2)c1. The molecule has 1 N–H and O–H groups in total. The molecule has 4 aromatic rings. The van der Waals surface area contributed by atoms with Gasteiger partial charge in [-0.25, -0.2) is 4.98 Å². The van der Waals surface area contributed by atoms with E-state index in [0.717, 1.165) is 60.2 Å². The lowest BCUT2D eigenvalue weighted by molar-refractivity contribution is -0.0633. The summed E-state index contributed by atoms with van der Waals surface area (Å²) in [6.45, 7) is 0. The number of oxazole rings is 1. The van der Waals surface area contributed by atoms with Crippen LogP contribution in [0.15, 0.2) is 89.3 Å². The largest absolute Gasteiger partial charge is 0.497 e. The van der Waals surface area contributed by atoms with Gasteiger partial charge in [0, 0.05) is 17.0 Å². The van der Waals surface area contributed by atoms with E-state index < -0.39 is 5.60 Å². The molecule has 1 heterocycles. The average Bonchev–Trinajstić information content (AvgIpc) is 3.36. The Kier molecular flexibility index (Phi) is 7.01. The topological polar surface area (TPSA) is 55.5 Å². The minimum atomic E-state index is -1.14. The second kappa shape index (κ2) is 10.5. The van der Waals surface area contributed by atoms with Gasteiger partial charge in [-0.1, -0.05) is 98.5 Å². The van der Waals surface area contributed by atoms with Gasteiger partial charge in [-0.2, -0.15) is 0 Å². The first-order chi connectivity index (χ1) is 17.2. The summed E-state index contributed by atoms with van der Waals surface area (Å²) in [7, 11) is 1.69. The highest BCUT2D eigenvalue weighted by molar-refractivity contribution is 5.76. The Labute approximate surface area is 207 Å². The van der Waals surface area contributed by atoms with Crippen LogP contribution in [0.4, 0.5) is 0 Å². The van der Waals surface area contributed by atoms with Crippen LogP contribution in [0.3, 0.4) is 0 Å². The van der Waals surface area contributed by atoms with Crippen LogP contribution in [0.1, 0.15) is 50.0 Å². The third-order valence-corrected chi connectivity index (χ3v) is 7.23. The van der Waals surface area contributed by atoms with Crippen molar-refractivity contribution in [3.63, 3.8) is 0 Å². The predicted molar refractivity (Wildman–Crippen MR) is 139 cm³/mol. The fraction of sp³-hybridized carbons (Fsp3) is 0.323. The van der Waals surface area contributed by atoms with E-state index in [9.17, 15) is 5.11 Å². The third-order valence-electron chi connectivity index (χ3n) is 7.23. The Hall–Kier alpha value is -3.37. The number of nitrogens with zero attached hydrogens (tertiary/aromatic N) is 1. The van der Waals surface area contributed by atoms with E-state index in [4.69, 9.17) is 14.1 Å². The van der Waals surface area contributed by atoms with Gasteiger partial charge in [0.25, 0.3) is 0 Å². The van der Waals surface area contributed by atoms with Gasteiger partial charge in [0.1, 0.15) is 17.0 Å². The zero-order valence-electron chi connectivity index (χ0n) is 20.3. The van der Waals surface area contributed by atoms with Crippen molar-refractivity contribution in [1.29, 1.82) is 0 Å². The van der Waals surface area contributed by atoms with Gasteiger partial charge in [-0.15, -0.1) is 0 Å². The van der Waals surface area contributed by atoms with Gasteiger partial charge >= 0.3 is 0 Å². The maximum absolute atomic E-state index is 12.3. The molecule has 35 heavy (non-hydrogen) atoms. The second-order valence-electron chi connectivity index (χ2n) is 9.56. The van der Waals surface area contributed by atoms with Crippen molar-refractivity contribution in [3.05, 3.63) is 96.4 Å². The average molecular weight is 468 g/mol. The predicted octanol–water partition coefficient (Wildman–Crippen LogP) is 7.42. The molecule has 0 saturated heterocycles. The van der Waals surface area contributed by atoms with Crippen LogP contribution >= 0.6 is 0 Å². The Morgan fingerprint density at radius 3 is 2.34 bits per heavy atom. The van der Waals surface area contributed by atoms with E-state index in [1.807, 2.05) is 72.8 Å². The summed E-state index contributed by atoms with van der Waals surface area (Å²) in [6, 6.07) is 28.3. The molecular formula is C31H33NO3. The summed E-state index contributed by atoms with van der Waals surface area (Å²) in [6.07, 6.45) is 6.68. The van der Waals surface area contributed by atoms with E-state index >= 15 is 0 Å². The highest BCUT2D eigenvalue weighted by atomic mass is 16.5. The van der Waals surface area contributed by atoms with Crippen molar-refractivity contribution >= 4 is 0 Å². The molecule has 0 amide bonds. The fourth-order valence-electron chi connectivity index (χ4n) is 5.30. The number of methoxy groups -OCH3 is 1. The van der Waals surface area contributed by atoms with Crippen LogP contribution in [0.25, 0.3) is 22.6 Å². The lowest BCUT2D eigenvalue weighted by Gasteiger charge is -2.35. The zero-order valence-corrected chi connectivity index (χ0v) is 20.3. The van der Waals surface area contributed by atoms with Crippen molar-refractivity contribution in [3.8, 4) is 28.3 Å². The van der Waals surface area contributed by atoms with E-state index in [0.29, 0.717) is 18.1 Å². The molecule has 3 aromatic carbocycles. The van der Waals surface area contributed by atoms with Gasteiger partial charge in [0.2, 0.25) is 5.89 Å². The Bertz CT molecular complexity index is 1180. The number of hydrogen-bond donors (Lipinski definition) is 1. The molecule has 0 radical (unpaired) electrons. The van der Waals surface area contributed by atoms with Crippen molar-refractivity contribution in [2.45, 2.75) is 50.5 Å². The van der Waals surface area contributed by atoms with Crippen molar-refractivity contribution in [2.24, 2.45) is 5.92 Å². The highest BCUT2D eigenvalue weighted by Crippen LogP contribution is 2.44.